The van der Waals surface area contributed by atoms with Crippen LogP contribution in [-0.2, 0) is 0 Å². The molecule has 96 valence electrons. The molecule has 0 atom stereocenters. The van der Waals surface area contributed by atoms with Gasteiger partial charge in [-0.15, -0.1) is 0 Å². The fraction of sp³-hybridized carbons (Fsp3) is 1.00. The zero-order valence-electron chi connectivity index (χ0n) is 10.8. The van der Waals surface area contributed by atoms with E-state index in [0.717, 1.165) is 0 Å². The summed E-state index contributed by atoms with van der Waals surface area (Å²) < 4.78 is 0. The van der Waals surface area contributed by atoms with Crippen molar-refractivity contribution in [3.8, 4) is 0 Å². The van der Waals surface area contributed by atoms with E-state index in [0.29, 0.717) is 0 Å². The molecule has 4 N–H and O–H groups in total. The molecule has 0 spiro atoms. The summed E-state index contributed by atoms with van der Waals surface area (Å²) in [4.78, 5) is 0. The van der Waals surface area contributed by atoms with Gasteiger partial charge in [-0.05, 0) is 0 Å². The minimum Gasteiger partial charge on any atom is -0.412 e. The maximum absolute atomic E-state index is 2.28. The van der Waals surface area contributed by atoms with E-state index in [1.165, 1.54) is 70.6 Å². The highest BCUT2D eigenvalue weighted by molar-refractivity contribution is 4.46. The van der Waals surface area contributed by atoms with Crippen LogP contribution in [-0.4, -0.2) is 11.0 Å². The predicted molar refractivity (Wildman–Crippen MR) is 69.4 cm³/mol. The van der Waals surface area contributed by atoms with Gasteiger partial charge in [-0.1, -0.05) is 84.5 Å². The normalized spacial score (nSPS) is 9.20. The summed E-state index contributed by atoms with van der Waals surface area (Å²) in [5.74, 6) is 0. The first-order valence-corrected chi connectivity index (χ1v) is 6.41. The molecule has 0 amide bonds. The van der Waals surface area contributed by atoms with Crippen molar-refractivity contribution >= 4 is 0 Å². The topological polar surface area (TPSA) is 63.0 Å². The molecular weight excluding hydrogens is 188 g/mol. The molecule has 2 nitrogen and oxygen atoms in total. The summed E-state index contributed by atoms with van der Waals surface area (Å²) in [6.45, 7) is 4.56. The van der Waals surface area contributed by atoms with E-state index in [4.69, 9.17) is 0 Å². The number of rotatable bonds is 10. The first-order valence-electron chi connectivity index (χ1n) is 6.41. The standard InChI is InChI=1S/C13H28.2H2O/c1-3-5-7-9-11-13-12-10-8-6-4-2;;/h3-13H2,1-2H3;2*1H2. The predicted octanol–water partition coefficient (Wildman–Crippen LogP) is 3.67. The molecule has 0 aliphatic heterocycles. The molecule has 0 radical (unpaired) electrons. The van der Waals surface area contributed by atoms with Crippen molar-refractivity contribution < 1.29 is 11.0 Å². The maximum atomic E-state index is 2.28. The largest absolute Gasteiger partial charge is 0.412 e. The Morgan fingerprint density at radius 1 is 0.400 bits per heavy atom. The van der Waals surface area contributed by atoms with Crippen LogP contribution in [0.1, 0.15) is 84.5 Å². The zero-order valence-corrected chi connectivity index (χ0v) is 10.8. The summed E-state index contributed by atoms with van der Waals surface area (Å²) in [6, 6.07) is 0. The molecule has 0 aromatic rings. The minimum atomic E-state index is 0. The van der Waals surface area contributed by atoms with E-state index in [1.54, 1.807) is 0 Å². The average molecular weight is 220 g/mol. The van der Waals surface area contributed by atoms with Gasteiger partial charge in [0.2, 0.25) is 0 Å². The molecular formula is C13H32O2. The minimum absolute atomic E-state index is 0. The Bertz CT molecular complexity index is 74.6. The second-order valence-corrected chi connectivity index (χ2v) is 4.18. The second kappa shape index (κ2) is 19.5. The van der Waals surface area contributed by atoms with Crippen molar-refractivity contribution in [2.24, 2.45) is 0 Å². The van der Waals surface area contributed by atoms with Crippen LogP contribution in [0.5, 0.6) is 0 Å². The van der Waals surface area contributed by atoms with Crippen LogP contribution in [0, 0.1) is 0 Å². The van der Waals surface area contributed by atoms with Crippen molar-refractivity contribution in [2.45, 2.75) is 84.5 Å². The lowest BCUT2D eigenvalue weighted by Gasteiger charge is -2.00. The molecule has 0 aliphatic rings. The van der Waals surface area contributed by atoms with Gasteiger partial charge in [0.15, 0.2) is 0 Å². The molecule has 0 aromatic heterocycles. The van der Waals surface area contributed by atoms with Gasteiger partial charge in [0.05, 0.1) is 0 Å². The lowest BCUT2D eigenvalue weighted by atomic mass is 10.1. The van der Waals surface area contributed by atoms with Crippen molar-refractivity contribution in [3.05, 3.63) is 0 Å². The fourth-order valence-electron chi connectivity index (χ4n) is 1.74. The lowest BCUT2D eigenvalue weighted by Crippen LogP contribution is -1.80. The first kappa shape index (κ1) is 20.3. The lowest BCUT2D eigenvalue weighted by molar-refractivity contribution is 0.554. The Balaban J connectivity index is -0.000000720. The molecule has 0 saturated carbocycles. The number of hydrogen-bond acceptors (Lipinski definition) is 0. The Kier molecular flexibility index (Phi) is 26.4. The van der Waals surface area contributed by atoms with Crippen molar-refractivity contribution in [2.75, 3.05) is 0 Å². The van der Waals surface area contributed by atoms with Crippen molar-refractivity contribution in [1.29, 1.82) is 0 Å². The first-order chi connectivity index (χ1) is 6.41. The van der Waals surface area contributed by atoms with Crippen LogP contribution >= 0.6 is 0 Å². The summed E-state index contributed by atoms with van der Waals surface area (Å²) in [5.41, 5.74) is 0. The molecule has 0 unspecified atom stereocenters. The van der Waals surface area contributed by atoms with Crippen LogP contribution in [0.2, 0.25) is 0 Å². The van der Waals surface area contributed by atoms with Gasteiger partial charge in [-0.2, -0.15) is 0 Å². The second-order valence-electron chi connectivity index (χ2n) is 4.18. The van der Waals surface area contributed by atoms with Crippen LogP contribution in [0.3, 0.4) is 0 Å². The zero-order chi connectivity index (χ0) is 9.78. The Morgan fingerprint density at radius 3 is 0.800 bits per heavy atom. The van der Waals surface area contributed by atoms with Crippen LogP contribution in [0.4, 0.5) is 0 Å². The van der Waals surface area contributed by atoms with Gasteiger partial charge in [0, 0.05) is 0 Å². The van der Waals surface area contributed by atoms with E-state index in [-0.39, 0.29) is 11.0 Å². The van der Waals surface area contributed by atoms with Crippen LogP contribution < -0.4 is 0 Å². The van der Waals surface area contributed by atoms with E-state index in [9.17, 15) is 0 Å². The van der Waals surface area contributed by atoms with Gasteiger partial charge < -0.3 is 11.0 Å². The fourth-order valence-corrected chi connectivity index (χ4v) is 1.74. The van der Waals surface area contributed by atoms with Gasteiger partial charge in [0.25, 0.3) is 0 Å². The van der Waals surface area contributed by atoms with Gasteiger partial charge >= 0.3 is 0 Å². The highest BCUT2D eigenvalue weighted by Crippen LogP contribution is 2.10. The molecule has 0 bridgehead atoms. The smallest absolute Gasteiger partial charge is 0.0533 e. The van der Waals surface area contributed by atoms with E-state index >= 15 is 0 Å². The van der Waals surface area contributed by atoms with E-state index < -0.39 is 0 Å². The van der Waals surface area contributed by atoms with Crippen LogP contribution in [0.15, 0.2) is 0 Å². The van der Waals surface area contributed by atoms with Crippen molar-refractivity contribution in [3.63, 3.8) is 0 Å². The molecule has 0 aliphatic carbocycles. The monoisotopic (exact) mass is 220 g/mol. The third kappa shape index (κ3) is 20.1. The Morgan fingerprint density at radius 2 is 0.600 bits per heavy atom. The summed E-state index contributed by atoms with van der Waals surface area (Å²) >= 11 is 0. The van der Waals surface area contributed by atoms with E-state index in [2.05, 4.69) is 13.8 Å². The molecule has 0 aromatic carbocycles. The molecule has 0 heterocycles. The Labute approximate surface area is 96.1 Å². The molecule has 2 heteroatoms. The summed E-state index contributed by atoms with van der Waals surface area (Å²) in [5, 5.41) is 0. The molecule has 0 rings (SSSR count). The molecule has 0 saturated heterocycles. The Hall–Kier alpha value is -0.0800. The number of hydrogen-bond donors (Lipinski definition) is 0. The SMILES string of the molecule is CCCCCCCCCCCCC.O.O. The van der Waals surface area contributed by atoms with Gasteiger partial charge in [-0.3, -0.25) is 0 Å². The van der Waals surface area contributed by atoms with E-state index in [1.807, 2.05) is 0 Å². The molecule has 0 fully saturated rings. The van der Waals surface area contributed by atoms with Crippen LogP contribution in [0.25, 0.3) is 0 Å². The van der Waals surface area contributed by atoms with Crippen molar-refractivity contribution in [1.82, 2.24) is 0 Å². The highest BCUT2D eigenvalue weighted by atomic mass is 16.0. The van der Waals surface area contributed by atoms with Gasteiger partial charge in [-0.25, -0.2) is 0 Å². The van der Waals surface area contributed by atoms with Gasteiger partial charge in [0.1, 0.15) is 0 Å². The highest BCUT2D eigenvalue weighted by Gasteiger charge is 1.90. The molecule has 15 heavy (non-hydrogen) atoms. The summed E-state index contributed by atoms with van der Waals surface area (Å²) in [7, 11) is 0. The quantitative estimate of drug-likeness (QED) is 0.504. The maximum Gasteiger partial charge on any atom is -0.0533 e. The average Bonchev–Trinajstić information content (AvgIpc) is 2.16. The summed E-state index contributed by atoms with van der Waals surface area (Å²) in [6.07, 6.45) is 15.9. The third-order valence-electron chi connectivity index (χ3n) is 2.71. The number of unbranched alkanes of at least 4 members (excludes halogenated alkanes) is 10. The third-order valence-corrected chi connectivity index (χ3v) is 2.71.